The van der Waals surface area contributed by atoms with E-state index in [1.54, 1.807) is 32.9 Å². The molecule has 0 spiro atoms. The third-order valence-electron chi connectivity index (χ3n) is 3.18. The van der Waals surface area contributed by atoms with Crippen LogP contribution in [0.25, 0.3) is 11.3 Å². The fourth-order valence-electron chi connectivity index (χ4n) is 2.11. The van der Waals surface area contributed by atoms with E-state index in [2.05, 4.69) is 21.2 Å². The van der Waals surface area contributed by atoms with Crippen molar-refractivity contribution in [1.29, 1.82) is 0 Å². The first-order valence-electron chi connectivity index (χ1n) is 7.71. The van der Waals surface area contributed by atoms with Gasteiger partial charge in [0, 0.05) is 16.5 Å². The van der Waals surface area contributed by atoms with Crippen molar-refractivity contribution in [3.8, 4) is 11.3 Å². The Labute approximate surface area is 154 Å². The van der Waals surface area contributed by atoms with Gasteiger partial charge in [-0.25, -0.2) is 9.59 Å². The van der Waals surface area contributed by atoms with Gasteiger partial charge in [0.25, 0.3) is 0 Å². The first-order chi connectivity index (χ1) is 11.6. The molecule has 7 heteroatoms. The van der Waals surface area contributed by atoms with E-state index < -0.39 is 23.7 Å². The number of amides is 1. The number of ether oxygens (including phenoxy) is 1. The lowest BCUT2D eigenvalue weighted by Crippen LogP contribution is -2.44. The molecule has 0 aliphatic heterocycles. The summed E-state index contributed by atoms with van der Waals surface area (Å²) in [4.78, 5) is 23.2. The molecule has 0 radical (unpaired) electrons. The van der Waals surface area contributed by atoms with E-state index in [1.807, 2.05) is 24.3 Å². The summed E-state index contributed by atoms with van der Waals surface area (Å²) >= 11 is 3.37. The number of carbonyl (C=O) groups excluding carboxylic acids is 1. The van der Waals surface area contributed by atoms with Gasteiger partial charge in [0.2, 0.25) is 0 Å². The van der Waals surface area contributed by atoms with Crippen LogP contribution in [0.5, 0.6) is 0 Å². The Morgan fingerprint density at radius 1 is 1.20 bits per heavy atom. The van der Waals surface area contributed by atoms with Crippen molar-refractivity contribution in [1.82, 2.24) is 5.32 Å². The zero-order valence-electron chi connectivity index (χ0n) is 14.2. The fourth-order valence-corrected chi connectivity index (χ4v) is 2.37. The highest BCUT2D eigenvalue weighted by Crippen LogP contribution is 2.24. The molecule has 2 N–H and O–H groups in total. The van der Waals surface area contributed by atoms with Gasteiger partial charge in [0.15, 0.2) is 0 Å². The monoisotopic (exact) mass is 409 g/mol. The summed E-state index contributed by atoms with van der Waals surface area (Å²) in [6, 6.07) is 9.89. The van der Waals surface area contributed by atoms with Crippen LogP contribution < -0.4 is 5.32 Å². The van der Waals surface area contributed by atoms with Crippen molar-refractivity contribution in [3.05, 3.63) is 46.6 Å². The Balaban J connectivity index is 2.06. The van der Waals surface area contributed by atoms with Gasteiger partial charge in [-0.05, 0) is 45.0 Å². The normalized spacial score (nSPS) is 12.5. The van der Waals surface area contributed by atoms with Crippen LogP contribution >= 0.6 is 15.9 Å². The summed E-state index contributed by atoms with van der Waals surface area (Å²) in [5.41, 5.74) is 0.175. The number of nitrogens with one attached hydrogen (secondary N) is 1. The molecule has 2 aromatic rings. The second-order valence-corrected chi connectivity index (χ2v) is 7.43. The highest BCUT2D eigenvalue weighted by molar-refractivity contribution is 9.10. The summed E-state index contributed by atoms with van der Waals surface area (Å²) in [5, 5.41) is 11.7. The first kappa shape index (κ1) is 19.1. The van der Waals surface area contributed by atoms with Gasteiger partial charge in [0.1, 0.15) is 23.2 Å². The van der Waals surface area contributed by atoms with Gasteiger partial charge >= 0.3 is 12.1 Å². The van der Waals surface area contributed by atoms with Crippen LogP contribution in [0.15, 0.2) is 45.3 Å². The standard InChI is InChI=1S/C18H20BrNO5/c1-18(2,3)25-17(23)20-14(16(21)22)10-13-8-9-15(24-13)11-4-6-12(19)7-5-11/h4-9,14H,10H2,1-3H3,(H,20,23)(H,21,22). The number of carboxylic acid groups (broad SMARTS) is 1. The molecule has 1 unspecified atom stereocenters. The second kappa shape index (κ2) is 7.74. The zero-order valence-corrected chi connectivity index (χ0v) is 15.8. The minimum atomic E-state index is -1.16. The molecule has 0 aliphatic rings. The minimum absolute atomic E-state index is 0.0190. The maximum absolute atomic E-state index is 11.8. The number of halogens is 1. The number of carbonyl (C=O) groups is 2. The van der Waals surface area contributed by atoms with Crippen LogP contribution in [0.4, 0.5) is 4.79 Å². The molecule has 134 valence electrons. The lowest BCUT2D eigenvalue weighted by molar-refractivity contribution is -0.139. The van der Waals surface area contributed by atoms with E-state index in [0.29, 0.717) is 11.5 Å². The molecular formula is C18H20BrNO5. The number of carboxylic acids is 1. The third-order valence-corrected chi connectivity index (χ3v) is 3.71. The quantitative estimate of drug-likeness (QED) is 0.770. The largest absolute Gasteiger partial charge is 0.480 e. The summed E-state index contributed by atoms with van der Waals surface area (Å²) < 4.78 is 11.7. The van der Waals surface area contributed by atoms with Gasteiger partial charge in [-0.1, -0.05) is 28.1 Å². The molecule has 0 aliphatic carbocycles. The second-order valence-electron chi connectivity index (χ2n) is 6.51. The average Bonchev–Trinajstić information content (AvgIpc) is 2.94. The summed E-state index contributed by atoms with van der Waals surface area (Å²) in [6.07, 6.45) is -0.759. The van der Waals surface area contributed by atoms with Crippen molar-refractivity contribution < 1.29 is 23.8 Å². The van der Waals surface area contributed by atoms with Gasteiger partial charge in [-0.15, -0.1) is 0 Å². The van der Waals surface area contributed by atoms with Crippen LogP contribution in [0, 0.1) is 0 Å². The lowest BCUT2D eigenvalue weighted by Gasteiger charge is -2.21. The van der Waals surface area contributed by atoms with Crippen LogP contribution in [0.2, 0.25) is 0 Å². The Morgan fingerprint density at radius 2 is 1.84 bits per heavy atom. The van der Waals surface area contributed by atoms with Crippen molar-refractivity contribution >= 4 is 28.0 Å². The molecule has 1 amide bonds. The Morgan fingerprint density at radius 3 is 2.40 bits per heavy atom. The lowest BCUT2D eigenvalue weighted by atomic mass is 10.1. The molecule has 0 saturated carbocycles. The number of benzene rings is 1. The van der Waals surface area contributed by atoms with E-state index in [4.69, 9.17) is 9.15 Å². The van der Waals surface area contributed by atoms with E-state index in [0.717, 1.165) is 10.0 Å². The van der Waals surface area contributed by atoms with Gasteiger partial charge in [0.05, 0.1) is 0 Å². The third kappa shape index (κ3) is 5.94. The highest BCUT2D eigenvalue weighted by Gasteiger charge is 2.25. The van der Waals surface area contributed by atoms with Gasteiger partial charge < -0.3 is 19.6 Å². The van der Waals surface area contributed by atoms with Crippen LogP contribution in [-0.2, 0) is 16.0 Å². The van der Waals surface area contributed by atoms with Crippen LogP contribution in [0.3, 0.4) is 0 Å². The Bertz CT molecular complexity index is 746. The molecule has 1 aromatic carbocycles. The summed E-state index contributed by atoms with van der Waals surface area (Å²) in [5.74, 6) is -0.0715. The van der Waals surface area contributed by atoms with Crippen molar-refractivity contribution in [3.63, 3.8) is 0 Å². The van der Waals surface area contributed by atoms with E-state index in [1.165, 1.54) is 0 Å². The number of hydrogen-bond donors (Lipinski definition) is 2. The average molecular weight is 410 g/mol. The van der Waals surface area contributed by atoms with Crippen molar-refractivity contribution in [2.75, 3.05) is 0 Å². The number of hydrogen-bond acceptors (Lipinski definition) is 4. The molecule has 2 rings (SSSR count). The van der Waals surface area contributed by atoms with Gasteiger partial charge in [-0.3, -0.25) is 0 Å². The maximum atomic E-state index is 11.8. The Kier molecular flexibility index (Phi) is 5.89. The number of rotatable bonds is 5. The van der Waals surface area contributed by atoms with Crippen molar-refractivity contribution in [2.24, 2.45) is 0 Å². The maximum Gasteiger partial charge on any atom is 0.408 e. The van der Waals surface area contributed by atoms with E-state index >= 15 is 0 Å². The topological polar surface area (TPSA) is 88.8 Å². The molecule has 1 heterocycles. The molecule has 1 atom stereocenters. The molecule has 1 aromatic heterocycles. The number of aliphatic carboxylic acids is 1. The fraction of sp³-hybridized carbons (Fsp3) is 0.333. The zero-order chi connectivity index (χ0) is 18.6. The first-order valence-corrected chi connectivity index (χ1v) is 8.50. The summed E-state index contributed by atoms with van der Waals surface area (Å²) in [6.45, 7) is 5.12. The highest BCUT2D eigenvalue weighted by atomic mass is 79.9. The van der Waals surface area contributed by atoms with Crippen molar-refractivity contribution in [2.45, 2.75) is 38.8 Å². The predicted octanol–water partition coefficient (Wildman–Crippen LogP) is 4.23. The summed E-state index contributed by atoms with van der Waals surface area (Å²) in [7, 11) is 0. The SMILES string of the molecule is CC(C)(C)OC(=O)NC(Cc1ccc(-c2ccc(Br)cc2)o1)C(=O)O. The minimum Gasteiger partial charge on any atom is -0.480 e. The van der Waals surface area contributed by atoms with E-state index in [-0.39, 0.29) is 6.42 Å². The molecule has 6 nitrogen and oxygen atoms in total. The smallest absolute Gasteiger partial charge is 0.408 e. The molecule has 0 bridgehead atoms. The molecule has 0 saturated heterocycles. The number of furan rings is 1. The molecule has 25 heavy (non-hydrogen) atoms. The van der Waals surface area contributed by atoms with Crippen LogP contribution in [0.1, 0.15) is 26.5 Å². The Hall–Kier alpha value is -2.28. The van der Waals surface area contributed by atoms with Crippen LogP contribution in [-0.4, -0.2) is 28.8 Å². The van der Waals surface area contributed by atoms with E-state index in [9.17, 15) is 14.7 Å². The molecule has 0 fully saturated rings. The molecular weight excluding hydrogens is 390 g/mol. The predicted molar refractivity (Wildman–Crippen MR) is 96.3 cm³/mol. The number of alkyl carbamates (subject to hydrolysis) is 1. The van der Waals surface area contributed by atoms with Gasteiger partial charge in [-0.2, -0.15) is 0 Å².